The lowest BCUT2D eigenvalue weighted by atomic mass is 10.0. The van der Waals surface area contributed by atoms with Crippen LogP contribution >= 0.6 is 15.9 Å². The van der Waals surface area contributed by atoms with E-state index in [0.717, 1.165) is 21.2 Å². The Kier molecular flexibility index (Phi) is 7.24. The van der Waals surface area contributed by atoms with E-state index in [4.69, 9.17) is 4.74 Å². The van der Waals surface area contributed by atoms with Gasteiger partial charge < -0.3 is 9.64 Å². The molecule has 1 fully saturated rings. The molecule has 3 rings (SSSR count). The fourth-order valence-corrected chi connectivity index (χ4v) is 5.92. The molecule has 0 radical (unpaired) electrons. The van der Waals surface area contributed by atoms with E-state index in [-0.39, 0.29) is 36.0 Å². The zero-order valence-electron chi connectivity index (χ0n) is 17.6. The average molecular weight is 494 g/mol. The SMILES string of the molecule is Cc1ccc(C(C)C)c(OCC(=O)N(Cc2cccc(Br)c2)C2CCS(=O)(=O)C2)c1. The fourth-order valence-electron chi connectivity index (χ4n) is 3.74. The molecule has 1 heterocycles. The third kappa shape index (κ3) is 5.85. The minimum Gasteiger partial charge on any atom is -0.483 e. The number of ether oxygens (including phenoxy) is 1. The van der Waals surface area contributed by atoms with E-state index in [1.807, 2.05) is 49.4 Å². The van der Waals surface area contributed by atoms with Crippen LogP contribution in [0.5, 0.6) is 5.75 Å². The number of aryl methyl sites for hydroxylation is 1. The Balaban J connectivity index is 1.79. The number of hydrogen-bond donors (Lipinski definition) is 0. The van der Waals surface area contributed by atoms with Crippen molar-refractivity contribution < 1.29 is 17.9 Å². The Morgan fingerprint density at radius 2 is 2.00 bits per heavy atom. The van der Waals surface area contributed by atoms with Gasteiger partial charge in [0.15, 0.2) is 16.4 Å². The van der Waals surface area contributed by atoms with Gasteiger partial charge in [0.2, 0.25) is 0 Å². The maximum Gasteiger partial charge on any atom is 0.261 e. The Hall–Kier alpha value is -1.86. The van der Waals surface area contributed by atoms with Crippen LogP contribution in [0.25, 0.3) is 0 Å². The summed E-state index contributed by atoms with van der Waals surface area (Å²) in [5.74, 6) is 0.909. The molecule has 1 aliphatic rings. The van der Waals surface area contributed by atoms with Gasteiger partial charge in [-0.25, -0.2) is 8.42 Å². The topological polar surface area (TPSA) is 63.7 Å². The predicted molar refractivity (Wildman–Crippen MR) is 123 cm³/mol. The second-order valence-electron chi connectivity index (χ2n) is 8.19. The maximum atomic E-state index is 13.2. The third-order valence-corrected chi connectivity index (χ3v) is 7.60. The first kappa shape index (κ1) is 22.8. The molecule has 2 aromatic carbocycles. The van der Waals surface area contributed by atoms with Crippen molar-refractivity contribution in [2.45, 2.75) is 45.7 Å². The first-order valence-electron chi connectivity index (χ1n) is 10.1. The molecule has 0 spiro atoms. The van der Waals surface area contributed by atoms with Crippen LogP contribution < -0.4 is 4.74 Å². The largest absolute Gasteiger partial charge is 0.483 e. The quantitative estimate of drug-likeness (QED) is 0.570. The number of nitrogens with zero attached hydrogens (tertiary/aromatic N) is 1. The van der Waals surface area contributed by atoms with Crippen molar-refractivity contribution in [1.82, 2.24) is 4.90 Å². The van der Waals surface area contributed by atoms with Crippen molar-refractivity contribution in [3.63, 3.8) is 0 Å². The van der Waals surface area contributed by atoms with Crippen molar-refractivity contribution >= 4 is 31.7 Å². The number of hydrogen-bond acceptors (Lipinski definition) is 4. The third-order valence-electron chi connectivity index (χ3n) is 5.35. The van der Waals surface area contributed by atoms with Crippen LogP contribution in [-0.4, -0.2) is 43.4 Å². The first-order chi connectivity index (χ1) is 14.1. The molecule has 0 bridgehead atoms. The summed E-state index contributed by atoms with van der Waals surface area (Å²) in [6.45, 7) is 6.40. The summed E-state index contributed by atoms with van der Waals surface area (Å²) >= 11 is 3.46. The second-order valence-corrected chi connectivity index (χ2v) is 11.3. The van der Waals surface area contributed by atoms with E-state index in [9.17, 15) is 13.2 Å². The molecule has 1 atom stereocenters. The molecule has 7 heteroatoms. The highest BCUT2D eigenvalue weighted by molar-refractivity contribution is 9.10. The molecular formula is C23H28BrNO4S. The molecular weight excluding hydrogens is 466 g/mol. The molecule has 30 heavy (non-hydrogen) atoms. The number of sulfone groups is 1. The van der Waals surface area contributed by atoms with Gasteiger partial charge in [-0.1, -0.05) is 54.0 Å². The average Bonchev–Trinajstić information content (AvgIpc) is 3.03. The van der Waals surface area contributed by atoms with Crippen LogP contribution in [0.4, 0.5) is 0 Å². The van der Waals surface area contributed by atoms with Crippen molar-refractivity contribution in [1.29, 1.82) is 0 Å². The zero-order valence-corrected chi connectivity index (χ0v) is 20.0. The number of halogens is 1. The van der Waals surface area contributed by atoms with E-state index in [1.54, 1.807) is 4.90 Å². The van der Waals surface area contributed by atoms with Gasteiger partial charge in [0.1, 0.15) is 5.75 Å². The van der Waals surface area contributed by atoms with Crippen LogP contribution in [0.3, 0.4) is 0 Å². The standard InChI is InChI=1S/C23H28BrNO4S/c1-16(2)21-8-7-17(3)11-22(21)29-14-23(26)25(20-9-10-30(27,28)15-20)13-18-5-4-6-19(24)12-18/h4-8,11-12,16,20H,9-10,13-15H2,1-3H3. The number of carbonyl (C=O) groups is 1. The minimum absolute atomic E-state index is 0.00837. The highest BCUT2D eigenvalue weighted by atomic mass is 79.9. The number of benzene rings is 2. The zero-order chi connectivity index (χ0) is 21.9. The summed E-state index contributed by atoms with van der Waals surface area (Å²) in [6.07, 6.45) is 0.462. The number of amides is 1. The lowest BCUT2D eigenvalue weighted by molar-refractivity contribution is -0.136. The number of carbonyl (C=O) groups excluding carboxylic acids is 1. The van der Waals surface area contributed by atoms with Crippen LogP contribution in [0.2, 0.25) is 0 Å². The summed E-state index contributed by atoms with van der Waals surface area (Å²) in [4.78, 5) is 14.8. The van der Waals surface area contributed by atoms with Gasteiger partial charge in [-0.05, 0) is 54.2 Å². The lowest BCUT2D eigenvalue weighted by Crippen LogP contribution is -2.43. The molecule has 162 valence electrons. The number of rotatable bonds is 7. The molecule has 0 aliphatic carbocycles. The van der Waals surface area contributed by atoms with Gasteiger partial charge in [-0.3, -0.25) is 4.79 Å². The Morgan fingerprint density at radius 1 is 1.23 bits per heavy atom. The Morgan fingerprint density at radius 3 is 2.63 bits per heavy atom. The van der Waals surface area contributed by atoms with E-state index in [1.165, 1.54) is 0 Å². The highest BCUT2D eigenvalue weighted by Gasteiger charge is 2.35. The van der Waals surface area contributed by atoms with Crippen molar-refractivity contribution in [2.75, 3.05) is 18.1 Å². The van der Waals surface area contributed by atoms with Crippen molar-refractivity contribution in [3.05, 3.63) is 63.6 Å². The van der Waals surface area contributed by atoms with Crippen molar-refractivity contribution in [3.8, 4) is 5.75 Å². The molecule has 0 aromatic heterocycles. The van der Waals surface area contributed by atoms with Gasteiger partial charge in [0.05, 0.1) is 11.5 Å². The smallest absolute Gasteiger partial charge is 0.261 e. The molecule has 1 saturated heterocycles. The van der Waals surface area contributed by atoms with Gasteiger partial charge >= 0.3 is 0 Å². The van der Waals surface area contributed by atoms with Crippen molar-refractivity contribution in [2.24, 2.45) is 0 Å². The lowest BCUT2D eigenvalue weighted by Gasteiger charge is -2.29. The van der Waals surface area contributed by atoms with Crippen LogP contribution in [0, 0.1) is 6.92 Å². The van der Waals surface area contributed by atoms with E-state index in [2.05, 4.69) is 29.8 Å². The molecule has 5 nitrogen and oxygen atoms in total. The van der Waals surface area contributed by atoms with E-state index < -0.39 is 9.84 Å². The Labute approximate surface area is 187 Å². The molecule has 1 amide bonds. The monoisotopic (exact) mass is 493 g/mol. The highest BCUT2D eigenvalue weighted by Crippen LogP contribution is 2.28. The fraction of sp³-hybridized carbons (Fsp3) is 0.435. The molecule has 1 unspecified atom stereocenters. The Bertz CT molecular complexity index is 1020. The second kappa shape index (κ2) is 9.52. The molecule has 0 saturated carbocycles. The van der Waals surface area contributed by atoms with Gasteiger partial charge in [0.25, 0.3) is 5.91 Å². The van der Waals surface area contributed by atoms with Crippen LogP contribution in [-0.2, 0) is 21.2 Å². The van der Waals surface area contributed by atoms with E-state index in [0.29, 0.717) is 18.7 Å². The summed E-state index contributed by atoms with van der Waals surface area (Å²) in [6, 6.07) is 13.4. The van der Waals surface area contributed by atoms with E-state index >= 15 is 0 Å². The summed E-state index contributed by atoms with van der Waals surface area (Å²) < 4.78 is 30.9. The summed E-state index contributed by atoms with van der Waals surface area (Å²) in [5.41, 5.74) is 3.06. The van der Waals surface area contributed by atoms with Gasteiger partial charge in [0, 0.05) is 17.1 Å². The first-order valence-corrected chi connectivity index (χ1v) is 12.7. The van der Waals surface area contributed by atoms with Crippen LogP contribution in [0.15, 0.2) is 46.9 Å². The molecule has 1 aliphatic heterocycles. The normalized spacial score (nSPS) is 17.8. The molecule has 0 N–H and O–H groups in total. The predicted octanol–water partition coefficient (Wildman–Crippen LogP) is 4.48. The minimum atomic E-state index is -3.11. The summed E-state index contributed by atoms with van der Waals surface area (Å²) in [5, 5.41) is 0. The van der Waals surface area contributed by atoms with Crippen LogP contribution in [0.1, 0.15) is 42.9 Å². The van der Waals surface area contributed by atoms with Gasteiger partial charge in [-0.2, -0.15) is 0 Å². The summed E-state index contributed by atoms with van der Waals surface area (Å²) in [7, 11) is -3.11. The maximum absolute atomic E-state index is 13.2. The van der Waals surface area contributed by atoms with Gasteiger partial charge in [-0.15, -0.1) is 0 Å². The molecule has 2 aromatic rings.